The zero-order chi connectivity index (χ0) is 15.7. The Labute approximate surface area is 128 Å². The quantitative estimate of drug-likeness (QED) is 0.665. The van der Waals surface area contributed by atoms with Gasteiger partial charge in [-0.2, -0.15) is 0 Å². The average Bonchev–Trinajstić information content (AvgIpc) is 3.08. The van der Waals surface area contributed by atoms with Crippen LogP contribution in [0.2, 0.25) is 0 Å². The maximum Gasteiger partial charge on any atom is 0.269 e. The highest BCUT2D eigenvalue weighted by Gasteiger charge is 2.39. The maximum absolute atomic E-state index is 12.0. The topological polar surface area (TPSA) is 95.3 Å². The normalized spacial score (nSPS) is 26.1. The van der Waals surface area contributed by atoms with Crippen LogP contribution in [0, 0.1) is 27.9 Å². The zero-order valence-electron chi connectivity index (χ0n) is 12.3. The van der Waals surface area contributed by atoms with Gasteiger partial charge in [0.1, 0.15) is 0 Å². The lowest BCUT2D eigenvalue weighted by atomic mass is 9.86. The fraction of sp³-hybridized carbons (Fsp3) is 0.562. The zero-order valence-corrected chi connectivity index (χ0v) is 12.3. The number of carbonyl (C=O) groups is 1. The summed E-state index contributed by atoms with van der Waals surface area (Å²) in [7, 11) is 0. The van der Waals surface area contributed by atoms with Gasteiger partial charge < -0.3 is 10.4 Å². The molecule has 0 aromatic heterocycles. The molecule has 1 aromatic rings. The number of nitro benzene ring substituents is 1. The number of carbonyl (C=O) groups excluding carboxylic acids is 1. The molecule has 2 aliphatic rings. The van der Waals surface area contributed by atoms with E-state index in [1.807, 2.05) is 0 Å². The molecule has 22 heavy (non-hydrogen) atoms. The van der Waals surface area contributed by atoms with Crippen LogP contribution in [0.4, 0.5) is 5.69 Å². The lowest BCUT2D eigenvalue weighted by Crippen LogP contribution is -2.27. The van der Waals surface area contributed by atoms with Crippen molar-refractivity contribution in [1.82, 2.24) is 5.32 Å². The Hall–Kier alpha value is -2.11. The van der Waals surface area contributed by atoms with E-state index >= 15 is 0 Å². The second-order valence-electron chi connectivity index (χ2n) is 6.46. The van der Waals surface area contributed by atoms with Crippen molar-refractivity contribution < 1.29 is 14.8 Å². The van der Waals surface area contributed by atoms with E-state index in [2.05, 4.69) is 5.32 Å². The van der Waals surface area contributed by atoms with Gasteiger partial charge in [-0.15, -0.1) is 5.75 Å². The van der Waals surface area contributed by atoms with Gasteiger partial charge >= 0.3 is 0 Å². The van der Waals surface area contributed by atoms with Gasteiger partial charge in [0.05, 0.1) is 4.92 Å². The minimum absolute atomic E-state index is 0.0557. The van der Waals surface area contributed by atoms with Crippen molar-refractivity contribution >= 4 is 11.6 Å². The molecule has 0 saturated heterocycles. The fourth-order valence-electron chi connectivity index (χ4n) is 3.95. The van der Waals surface area contributed by atoms with E-state index < -0.39 is 4.92 Å². The molecule has 118 valence electrons. The summed E-state index contributed by atoms with van der Waals surface area (Å²) < 4.78 is 0. The SMILES string of the molecule is O=C(C[C@H]1C[C@@H]2CC[C@@H]1C2)NCc1cc([N+](=O)[O-])ccc1[O-]. The van der Waals surface area contributed by atoms with Crippen LogP contribution in [0.5, 0.6) is 5.75 Å². The Morgan fingerprint density at radius 1 is 1.32 bits per heavy atom. The third kappa shape index (κ3) is 3.05. The van der Waals surface area contributed by atoms with Gasteiger partial charge in [0.25, 0.3) is 5.69 Å². The Morgan fingerprint density at radius 3 is 2.77 bits per heavy atom. The fourth-order valence-corrected chi connectivity index (χ4v) is 3.95. The highest BCUT2D eigenvalue weighted by atomic mass is 16.6. The van der Waals surface area contributed by atoms with E-state index in [1.165, 1.54) is 37.5 Å². The number of fused-ring (bicyclic) bond motifs is 2. The summed E-state index contributed by atoms with van der Waals surface area (Å²) in [6.07, 6.45) is 5.44. The van der Waals surface area contributed by atoms with Gasteiger partial charge in [-0.3, -0.25) is 14.9 Å². The first kappa shape index (κ1) is 14.8. The largest absolute Gasteiger partial charge is 0.872 e. The number of rotatable bonds is 5. The van der Waals surface area contributed by atoms with Crippen LogP contribution in [0.25, 0.3) is 0 Å². The molecule has 2 fully saturated rings. The number of nitro groups is 1. The number of hydrogen-bond acceptors (Lipinski definition) is 4. The van der Waals surface area contributed by atoms with Crippen LogP contribution >= 0.6 is 0 Å². The summed E-state index contributed by atoms with van der Waals surface area (Å²) >= 11 is 0. The van der Waals surface area contributed by atoms with Gasteiger partial charge in [0, 0.05) is 25.1 Å². The Kier molecular flexibility index (Phi) is 4.00. The highest BCUT2D eigenvalue weighted by Crippen LogP contribution is 2.49. The average molecular weight is 303 g/mol. The predicted octanol–water partition coefficient (Wildman–Crippen LogP) is 2.11. The molecule has 1 N–H and O–H groups in total. The Balaban J connectivity index is 1.54. The van der Waals surface area contributed by atoms with E-state index in [0.717, 1.165) is 12.3 Å². The third-order valence-electron chi connectivity index (χ3n) is 5.06. The molecule has 0 unspecified atom stereocenters. The van der Waals surface area contributed by atoms with Gasteiger partial charge in [-0.25, -0.2) is 0 Å². The summed E-state index contributed by atoms with van der Waals surface area (Å²) in [6, 6.07) is 3.60. The summed E-state index contributed by atoms with van der Waals surface area (Å²) in [6.45, 7) is 0.0557. The van der Waals surface area contributed by atoms with E-state index in [4.69, 9.17) is 0 Å². The van der Waals surface area contributed by atoms with Crippen molar-refractivity contribution in [2.45, 2.75) is 38.6 Å². The number of nitrogens with one attached hydrogen (secondary N) is 1. The summed E-state index contributed by atoms with van der Waals surface area (Å²) in [5.41, 5.74) is 0.132. The van der Waals surface area contributed by atoms with Crippen LogP contribution in [0.15, 0.2) is 18.2 Å². The number of non-ortho nitro benzene ring substituents is 1. The molecule has 2 bridgehead atoms. The first-order valence-corrected chi connectivity index (χ1v) is 7.74. The molecule has 2 aliphatic carbocycles. The van der Waals surface area contributed by atoms with Crippen molar-refractivity contribution in [1.29, 1.82) is 0 Å². The molecule has 6 heteroatoms. The maximum atomic E-state index is 12.0. The standard InChI is InChI=1S/C16H20N2O4/c19-15-4-3-14(18(21)22)7-13(15)9-17-16(20)8-12-6-10-1-2-11(12)5-10/h3-4,7,10-12,19H,1-2,5-6,8-9H2,(H,17,20)/p-1/t10-,11-,12-/m1/s1. The van der Waals surface area contributed by atoms with Crippen LogP contribution < -0.4 is 10.4 Å². The summed E-state index contributed by atoms with van der Waals surface area (Å²) in [5.74, 6) is 1.60. The van der Waals surface area contributed by atoms with Crippen LogP contribution in [0.3, 0.4) is 0 Å². The minimum atomic E-state index is -0.542. The molecule has 1 aromatic carbocycles. The summed E-state index contributed by atoms with van der Waals surface area (Å²) in [5, 5.41) is 25.1. The molecule has 2 saturated carbocycles. The molecule has 6 nitrogen and oxygen atoms in total. The second kappa shape index (κ2) is 5.94. The number of nitrogens with zero attached hydrogens (tertiary/aromatic N) is 1. The first-order chi connectivity index (χ1) is 10.5. The van der Waals surface area contributed by atoms with Crippen molar-refractivity contribution in [3.63, 3.8) is 0 Å². The van der Waals surface area contributed by atoms with Crippen LogP contribution in [-0.2, 0) is 11.3 Å². The molecule has 3 atom stereocenters. The lowest BCUT2D eigenvalue weighted by Gasteiger charge is -2.21. The van der Waals surface area contributed by atoms with Crippen molar-refractivity contribution in [2.75, 3.05) is 0 Å². The molecule has 0 aliphatic heterocycles. The van der Waals surface area contributed by atoms with Gasteiger partial charge in [0.15, 0.2) is 0 Å². The predicted molar refractivity (Wildman–Crippen MR) is 77.9 cm³/mol. The van der Waals surface area contributed by atoms with Gasteiger partial charge in [-0.05, 0) is 42.6 Å². The second-order valence-corrected chi connectivity index (χ2v) is 6.46. The molecule has 0 spiro atoms. The van der Waals surface area contributed by atoms with Gasteiger partial charge in [0.2, 0.25) is 5.91 Å². The van der Waals surface area contributed by atoms with E-state index in [1.54, 1.807) is 0 Å². The number of amides is 1. The third-order valence-corrected chi connectivity index (χ3v) is 5.06. The van der Waals surface area contributed by atoms with Crippen LogP contribution in [-0.4, -0.2) is 10.8 Å². The van der Waals surface area contributed by atoms with E-state index in [9.17, 15) is 20.0 Å². The van der Waals surface area contributed by atoms with E-state index in [0.29, 0.717) is 18.3 Å². The number of hydrogen-bond donors (Lipinski definition) is 1. The monoisotopic (exact) mass is 303 g/mol. The molecular formula is C16H19N2O4-. The molecule has 3 rings (SSSR count). The molecular weight excluding hydrogens is 284 g/mol. The molecule has 0 heterocycles. The highest BCUT2D eigenvalue weighted by molar-refractivity contribution is 5.76. The van der Waals surface area contributed by atoms with Crippen molar-refractivity contribution in [3.05, 3.63) is 33.9 Å². The molecule has 1 amide bonds. The van der Waals surface area contributed by atoms with E-state index in [-0.39, 0.29) is 29.5 Å². The Morgan fingerprint density at radius 2 is 2.14 bits per heavy atom. The van der Waals surface area contributed by atoms with Crippen molar-refractivity contribution in [3.8, 4) is 5.75 Å². The lowest BCUT2D eigenvalue weighted by molar-refractivity contribution is -0.385. The smallest absolute Gasteiger partial charge is 0.269 e. The minimum Gasteiger partial charge on any atom is -0.872 e. The Bertz CT molecular complexity index is 602. The van der Waals surface area contributed by atoms with Gasteiger partial charge in [-0.1, -0.05) is 12.5 Å². The molecule has 0 radical (unpaired) electrons. The number of benzene rings is 1. The summed E-state index contributed by atoms with van der Waals surface area (Å²) in [4.78, 5) is 22.2. The van der Waals surface area contributed by atoms with Crippen LogP contribution in [0.1, 0.15) is 37.7 Å². The first-order valence-electron chi connectivity index (χ1n) is 7.74. The van der Waals surface area contributed by atoms with Crippen molar-refractivity contribution in [2.24, 2.45) is 17.8 Å².